The zero-order valence-electron chi connectivity index (χ0n) is 15.0. The highest BCUT2D eigenvalue weighted by molar-refractivity contribution is 5.90. The molecule has 6 nitrogen and oxygen atoms in total. The minimum atomic E-state index is -0.106. The van der Waals surface area contributed by atoms with Crippen molar-refractivity contribution in [1.82, 2.24) is 14.9 Å². The van der Waals surface area contributed by atoms with Crippen molar-refractivity contribution in [2.75, 3.05) is 18.4 Å². The molecule has 0 saturated carbocycles. The number of hydrogen-bond donors (Lipinski definition) is 2. The maximum absolute atomic E-state index is 12.7. The van der Waals surface area contributed by atoms with Crippen LogP contribution in [-0.4, -0.2) is 34.0 Å². The number of aryl methyl sites for hydroxylation is 2. The quantitative estimate of drug-likeness (QED) is 0.872. The molecule has 2 amide bonds. The minimum Gasteiger partial charge on any atom is -0.324 e. The number of nitrogens with zero attached hydrogens (tertiary/aromatic N) is 2. The Morgan fingerprint density at radius 1 is 1.27 bits per heavy atom. The number of aromatic amines is 1. The number of rotatable bonds is 2. The van der Waals surface area contributed by atoms with Gasteiger partial charge in [-0.15, -0.1) is 0 Å². The summed E-state index contributed by atoms with van der Waals surface area (Å²) in [6, 6.07) is 7.73. The predicted molar refractivity (Wildman–Crippen MR) is 101 cm³/mol. The van der Waals surface area contributed by atoms with Crippen molar-refractivity contribution in [3.63, 3.8) is 0 Å². The second kappa shape index (κ2) is 6.94. The van der Waals surface area contributed by atoms with Crippen LogP contribution in [0.4, 0.5) is 10.5 Å². The number of benzene rings is 1. The van der Waals surface area contributed by atoms with E-state index in [2.05, 4.69) is 21.4 Å². The molecule has 0 spiro atoms. The SMILES string of the molecule is Cc1nc(C2CCN(C(=O)Nc3cccc4c3CCC4)CC2)cc(=O)[nH]1. The van der Waals surface area contributed by atoms with Crippen molar-refractivity contribution in [3.8, 4) is 0 Å². The van der Waals surface area contributed by atoms with E-state index < -0.39 is 0 Å². The molecule has 2 N–H and O–H groups in total. The first-order valence-electron chi connectivity index (χ1n) is 9.35. The van der Waals surface area contributed by atoms with Gasteiger partial charge in [0.1, 0.15) is 5.82 Å². The Hall–Kier alpha value is -2.63. The van der Waals surface area contributed by atoms with Crippen LogP contribution in [0.1, 0.15) is 47.8 Å². The van der Waals surface area contributed by atoms with Gasteiger partial charge in [0, 0.05) is 30.8 Å². The Labute approximate surface area is 152 Å². The molecule has 1 aromatic carbocycles. The summed E-state index contributed by atoms with van der Waals surface area (Å²) >= 11 is 0. The van der Waals surface area contributed by atoms with Crippen LogP contribution in [0.2, 0.25) is 0 Å². The van der Waals surface area contributed by atoms with Gasteiger partial charge in [0.05, 0.1) is 5.69 Å². The van der Waals surface area contributed by atoms with E-state index in [0.29, 0.717) is 18.9 Å². The van der Waals surface area contributed by atoms with Crippen LogP contribution in [0.5, 0.6) is 0 Å². The van der Waals surface area contributed by atoms with E-state index in [-0.39, 0.29) is 17.5 Å². The number of carbonyl (C=O) groups is 1. The molecule has 2 heterocycles. The van der Waals surface area contributed by atoms with Gasteiger partial charge >= 0.3 is 6.03 Å². The molecule has 0 bridgehead atoms. The molecule has 6 heteroatoms. The molecule has 136 valence electrons. The van der Waals surface area contributed by atoms with Crippen molar-refractivity contribution in [1.29, 1.82) is 0 Å². The molecule has 1 aromatic heterocycles. The van der Waals surface area contributed by atoms with Crippen LogP contribution in [0, 0.1) is 6.92 Å². The van der Waals surface area contributed by atoms with E-state index >= 15 is 0 Å². The summed E-state index contributed by atoms with van der Waals surface area (Å²) in [6.07, 6.45) is 4.97. The smallest absolute Gasteiger partial charge is 0.321 e. The topological polar surface area (TPSA) is 78.1 Å². The summed E-state index contributed by atoms with van der Waals surface area (Å²) in [5.74, 6) is 0.881. The molecule has 0 atom stereocenters. The molecule has 1 saturated heterocycles. The summed E-state index contributed by atoms with van der Waals surface area (Å²) in [6.45, 7) is 3.16. The van der Waals surface area contributed by atoms with Gasteiger partial charge in [-0.25, -0.2) is 9.78 Å². The third kappa shape index (κ3) is 3.36. The average Bonchev–Trinajstić information content (AvgIpc) is 3.11. The Bertz CT molecular complexity index is 882. The lowest BCUT2D eigenvalue weighted by Crippen LogP contribution is -2.41. The number of piperidine rings is 1. The molecule has 2 aliphatic rings. The van der Waals surface area contributed by atoms with Crippen molar-refractivity contribution < 1.29 is 4.79 Å². The maximum atomic E-state index is 12.7. The molecular formula is C20H24N4O2. The van der Waals surface area contributed by atoms with Crippen molar-refractivity contribution >= 4 is 11.7 Å². The maximum Gasteiger partial charge on any atom is 0.321 e. The molecule has 26 heavy (non-hydrogen) atoms. The van der Waals surface area contributed by atoms with Gasteiger partial charge in [-0.3, -0.25) is 4.79 Å². The molecule has 1 aliphatic heterocycles. The fraction of sp³-hybridized carbons (Fsp3) is 0.450. The van der Waals surface area contributed by atoms with Crippen LogP contribution in [0.15, 0.2) is 29.1 Å². The lowest BCUT2D eigenvalue weighted by molar-refractivity contribution is 0.194. The second-order valence-corrected chi connectivity index (χ2v) is 7.24. The Morgan fingerprint density at radius 3 is 2.85 bits per heavy atom. The van der Waals surface area contributed by atoms with Crippen LogP contribution < -0.4 is 10.9 Å². The van der Waals surface area contributed by atoms with Gasteiger partial charge in [-0.05, 0) is 56.2 Å². The van der Waals surface area contributed by atoms with Gasteiger partial charge in [0.2, 0.25) is 0 Å². The molecule has 0 radical (unpaired) electrons. The highest BCUT2D eigenvalue weighted by Gasteiger charge is 2.26. The van der Waals surface area contributed by atoms with Gasteiger partial charge in [0.15, 0.2) is 0 Å². The van der Waals surface area contributed by atoms with Crippen LogP contribution in [-0.2, 0) is 12.8 Å². The lowest BCUT2D eigenvalue weighted by atomic mass is 9.93. The van der Waals surface area contributed by atoms with E-state index in [9.17, 15) is 9.59 Å². The van der Waals surface area contributed by atoms with Crippen molar-refractivity contribution in [2.45, 2.75) is 44.9 Å². The molecule has 1 fully saturated rings. The Balaban J connectivity index is 1.39. The first-order valence-corrected chi connectivity index (χ1v) is 9.35. The number of hydrogen-bond acceptors (Lipinski definition) is 3. The summed E-state index contributed by atoms with van der Waals surface area (Å²) in [7, 11) is 0. The van der Waals surface area contributed by atoms with E-state index in [4.69, 9.17) is 0 Å². The number of amides is 2. The number of fused-ring (bicyclic) bond motifs is 1. The largest absolute Gasteiger partial charge is 0.324 e. The third-order valence-electron chi connectivity index (χ3n) is 5.47. The fourth-order valence-electron chi connectivity index (χ4n) is 4.12. The number of carbonyl (C=O) groups excluding carboxylic acids is 1. The summed E-state index contributed by atoms with van der Waals surface area (Å²) in [5, 5.41) is 3.10. The predicted octanol–water partition coefficient (Wildman–Crippen LogP) is 2.98. The average molecular weight is 352 g/mol. The van der Waals surface area contributed by atoms with Crippen molar-refractivity contribution in [3.05, 3.63) is 57.3 Å². The van der Waals surface area contributed by atoms with Crippen molar-refractivity contribution in [2.24, 2.45) is 0 Å². The standard InChI is InChI=1S/C20H24N4O2/c1-13-21-18(12-19(25)22-13)15-8-10-24(11-9-15)20(26)23-17-7-3-5-14-4-2-6-16(14)17/h3,5,7,12,15H,2,4,6,8-11H2,1H3,(H,23,26)(H,21,22,25). The number of likely N-dealkylation sites (tertiary alicyclic amines) is 1. The highest BCUT2D eigenvalue weighted by Crippen LogP contribution is 2.30. The number of aromatic nitrogens is 2. The number of urea groups is 1. The molecule has 2 aromatic rings. The summed E-state index contributed by atoms with van der Waals surface area (Å²) in [5.41, 5.74) is 4.34. The molecule has 0 unspecified atom stereocenters. The lowest BCUT2D eigenvalue weighted by Gasteiger charge is -2.32. The van der Waals surface area contributed by atoms with Gasteiger partial charge in [-0.1, -0.05) is 12.1 Å². The van der Waals surface area contributed by atoms with E-state index in [1.54, 1.807) is 13.0 Å². The molecule has 1 aliphatic carbocycles. The second-order valence-electron chi connectivity index (χ2n) is 7.24. The van der Waals surface area contributed by atoms with Gasteiger partial charge < -0.3 is 15.2 Å². The van der Waals surface area contributed by atoms with Gasteiger partial charge in [0.25, 0.3) is 5.56 Å². The zero-order valence-corrected chi connectivity index (χ0v) is 15.0. The number of anilines is 1. The highest BCUT2D eigenvalue weighted by atomic mass is 16.2. The zero-order chi connectivity index (χ0) is 18.1. The first kappa shape index (κ1) is 16.8. The van der Waals surface area contributed by atoms with Crippen LogP contribution >= 0.6 is 0 Å². The third-order valence-corrected chi connectivity index (χ3v) is 5.47. The van der Waals surface area contributed by atoms with Gasteiger partial charge in [-0.2, -0.15) is 0 Å². The van der Waals surface area contributed by atoms with E-state index in [1.165, 1.54) is 11.1 Å². The minimum absolute atomic E-state index is 0.0289. The Kier molecular flexibility index (Phi) is 4.49. The number of H-pyrrole nitrogens is 1. The molecular weight excluding hydrogens is 328 g/mol. The van der Waals surface area contributed by atoms with Crippen LogP contribution in [0.25, 0.3) is 0 Å². The molecule has 4 rings (SSSR count). The fourth-order valence-corrected chi connectivity index (χ4v) is 4.12. The summed E-state index contributed by atoms with van der Waals surface area (Å²) < 4.78 is 0. The number of nitrogens with one attached hydrogen (secondary N) is 2. The van der Waals surface area contributed by atoms with E-state index in [1.807, 2.05) is 17.0 Å². The first-order chi connectivity index (χ1) is 12.6. The van der Waals surface area contributed by atoms with E-state index in [0.717, 1.165) is 43.5 Å². The normalized spacial score (nSPS) is 17.2. The Morgan fingerprint density at radius 2 is 2.08 bits per heavy atom. The monoisotopic (exact) mass is 352 g/mol. The summed E-state index contributed by atoms with van der Waals surface area (Å²) in [4.78, 5) is 33.3. The van der Waals surface area contributed by atoms with Crippen LogP contribution in [0.3, 0.4) is 0 Å².